The van der Waals surface area contributed by atoms with Gasteiger partial charge in [-0.1, -0.05) is 18.5 Å². The Morgan fingerprint density at radius 3 is 2.71 bits per heavy atom. The number of amides is 1. The zero-order chi connectivity index (χ0) is 15.1. The summed E-state index contributed by atoms with van der Waals surface area (Å²) in [6, 6.07) is 10.6. The van der Waals surface area contributed by atoms with Crippen LogP contribution in [0.4, 0.5) is 0 Å². The summed E-state index contributed by atoms with van der Waals surface area (Å²) < 4.78 is 6.14. The quantitative estimate of drug-likeness (QED) is 0.646. The molecule has 0 spiro atoms. The highest BCUT2D eigenvalue weighted by Gasteiger charge is 2.04. The van der Waals surface area contributed by atoms with Crippen LogP contribution in [0.1, 0.15) is 28.6 Å². The highest BCUT2D eigenvalue weighted by Crippen LogP contribution is 2.19. The highest BCUT2D eigenvalue weighted by molar-refractivity contribution is 7.17. The fourth-order valence-corrected chi connectivity index (χ4v) is 2.47. The van der Waals surface area contributed by atoms with Crippen molar-refractivity contribution in [2.75, 3.05) is 6.61 Å². The summed E-state index contributed by atoms with van der Waals surface area (Å²) in [5.74, 6) is 0.487. The molecular formula is C15H15ClN2O2S. The van der Waals surface area contributed by atoms with Crippen molar-refractivity contribution in [3.05, 3.63) is 51.2 Å². The maximum atomic E-state index is 11.9. The fraction of sp³-hybridized carbons (Fsp3) is 0.200. The van der Waals surface area contributed by atoms with Crippen LogP contribution in [0.25, 0.3) is 0 Å². The minimum Gasteiger partial charge on any atom is -0.494 e. The highest BCUT2D eigenvalue weighted by atomic mass is 35.5. The van der Waals surface area contributed by atoms with Crippen LogP contribution in [0.15, 0.2) is 41.5 Å². The van der Waals surface area contributed by atoms with Gasteiger partial charge in [0.25, 0.3) is 5.91 Å². The number of nitrogens with one attached hydrogen (secondary N) is 1. The topological polar surface area (TPSA) is 50.7 Å². The number of nitrogens with zero attached hydrogens (tertiary/aromatic N) is 1. The Labute approximate surface area is 132 Å². The molecule has 0 bridgehead atoms. The number of benzene rings is 1. The summed E-state index contributed by atoms with van der Waals surface area (Å²) in [6.07, 6.45) is 2.51. The standard InChI is InChI=1S/C15H15ClN2O2S/c1-2-9-20-12-5-3-11(4-6-12)15(19)18-17-10-13-7-8-14(16)21-13/h3-8,10H,2,9H2,1H3,(H,18,19)/b17-10+. The van der Waals surface area contributed by atoms with E-state index in [1.54, 1.807) is 36.5 Å². The number of ether oxygens (including phenoxy) is 1. The zero-order valence-corrected chi connectivity index (χ0v) is 13.1. The van der Waals surface area contributed by atoms with Crippen molar-refractivity contribution in [2.45, 2.75) is 13.3 Å². The van der Waals surface area contributed by atoms with E-state index < -0.39 is 0 Å². The average molecular weight is 323 g/mol. The third-order valence-corrected chi connectivity index (χ3v) is 3.71. The van der Waals surface area contributed by atoms with Gasteiger partial charge < -0.3 is 4.74 Å². The van der Waals surface area contributed by atoms with Crippen molar-refractivity contribution < 1.29 is 9.53 Å². The molecular weight excluding hydrogens is 308 g/mol. The molecule has 2 rings (SSSR count). The van der Waals surface area contributed by atoms with Crippen LogP contribution < -0.4 is 10.2 Å². The number of hydrazone groups is 1. The Morgan fingerprint density at radius 1 is 1.33 bits per heavy atom. The lowest BCUT2D eigenvalue weighted by atomic mass is 10.2. The van der Waals surface area contributed by atoms with Crippen LogP contribution in [-0.4, -0.2) is 18.7 Å². The predicted molar refractivity (Wildman–Crippen MR) is 86.6 cm³/mol. The number of rotatable bonds is 6. The molecule has 1 heterocycles. The van der Waals surface area contributed by atoms with E-state index in [2.05, 4.69) is 10.5 Å². The molecule has 0 unspecified atom stereocenters. The third kappa shape index (κ3) is 4.88. The normalized spacial score (nSPS) is 10.8. The maximum Gasteiger partial charge on any atom is 0.271 e. The van der Waals surface area contributed by atoms with Crippen molar-refractivity contribution in [1.82, 2.24) is 5.43 Å². The molecule has 0 atom stereocenters. The van der Waals surface area contributed by atoms with Crippen molar-refractivity contribution >= 4 is 35.1 Å². The van der Waals surface area contributed by atoms with Gasteiger partial charge >= 0.3 is 0 Å². The van der Waals surface area contributed by atoms with E-state index >= 15 is 0 Å². The third-order valence-electron chi connectivity index (χ3n) is 2.54. The van der Waals surface area contributed by atoms with Crippen molar-refractivity contribution in [3.63, 3.8) is 0 Å². The Bertz CT molecular complexity index is 623. The number of hydrogen-bond acceptors (Lipinski definition) is 4. The van der Waals surface area contributed by atoms with Gasteiger partial charge in [0.1, 0.15) is 5.75 Å². The second-order valence-electron chi connectivity index (χ2n) is 4.21. The van der Waals surface area contributed by atoms with Gasteiger partial charge in [0.2, 0.25) is 0 Å². The van der Waals surface area contributed by atoms with E-state index in [-0.39, 0.29) is 5.91 Å². The summed E-state index contributed by atoms with van der Waals surface area (Å²) in [4.78, 5) is 12.8. The molecule has 4 nitrogen and oxygen atoms in total. The molecule has 2 aromatic rings. The van der Waals surface area contributed by atoms with E-state index in [0.717, 1.165) is 17.0 Å². The first kappa shape index (κ1) is 15.5. The zero-order valence-electron chi connectivity index (χ0n) is 11.5. The van der Waals surface area contributed by atoms with Crippen molar-refractivity contribution in [1.29, 1.82) is 0 Å². The predicted octanol–water partition coefficient (Wildman–Crippen LogP) is 3.95. The van der Waals surface area contributed by atoms with Gasteiger partial charge in [-0.25, -0.2) is 5.43 Å². The van der Waals surface area contributed by atoms with Gasteiger partial charge in [-0.05, 0) is 42.8 Å². The molecule has 1 amide bonds. The SMILES string of the molecule is CCCOc1ccc(C(=O)N/N=C/c2ccc(Cl)s2)cc1. The summed E-state index contributed by atoms with van der Waals surface area (Å²) in [5.41, 5.74) is 3.00. The van der Waals surface area contributed by atoms with Gasteiger partial charge in [-0.3, -0.25) is 4.79 Å². The Balaban J connectivity index is 1.89. The number of carbonyl (C=O) groups excluding carboxylic acids is 1. The Kier molecular flexibility index (Phi) is 5.78. The van der Waals surface area contributed by atoms with E-state index in [9.17, 15) is 4.79 Å². The Hall–Kier alpha value is -1.85. The minimum atomic E-state index is -0.268. The van der Waals surface area contributed by atoms with Gasteiger partial charge in [-0.2, -0.15) is 5.10 Å². The van der Waals surface area contributed by atoms with Gasteiger partial charge in [0, 0.05) is 10.4 Å². The van der Waals surface area contributed by atoms with Crippen LogP contribution in [0.3, 0.4) is 0 Å². The lowest BCUT2D eigenvalue weighted by Crippen LogP contribution is -2.17. The largest absolute Gasteiger partial charge is 0.494 e. The molecule has 21 heavy (non-hydrogen) atoms. The van der Waals surface area contributed by atoms with Gasteiger partial charge in [0.05, 0.1) is 17.2 Å². The summed E-state index contributed by atoms with van der Waals surface area (Å²) in [5, 5.41) is 3.90. The second-order valence-corrected chi connectivity index (χ2v) is 5.96. The van der Waals surface area contributed by atoms with Crippen molar-refractivity contribution in [3.8, 4) is 5.75 Å². The molecule has 1 aromatic carbocycles. The first-order chi connectivity index (χ1) is 10.2. The van der Waals surface area contributed by atoms with Crippen LogP contribution >= 0.6 is 22.9 Å². The van der Waals surface area contributed by atoms with E-state index in [0.29, 0.717) is 16.5 Å². The molecule has 0 aliphatic heterocycles. The van der Waals surface area contributed by atoms with Crippen LogP contribution in [0.5, 0.6) is 5.75 Å². The van der Waals surface area contributed by atoms with Crippen LogP contribution in [0.2, 0.25) is 4.34 Å². The number of thiophene rings is 1. The van der Waals surface area contributed by atoms with Crippen LogP contribution in [0, 0.1) is 0 Å². The van der Waals surface area contributed by atoms with Gasteiger partial charge in [0.15, 0.2) is 0 Å². The van der Waals surface area contributed by atoms with E-state index in [4.69, 9.17) is 16.3 Å². The molecule has 1 N–H and O–H groups in total. The molecule has 1 aromatic heterocycles. The lowest BCUT2D eigenvalue weighted by molar-refractivity contribution is 0.0955. The molecule has 0 saturated carbocycles. The Morgan fingerprint density at radius 2 is 2.10 bits per heavy atom. The molecule has 6 heteroatoms. The molecule has 0 radical (unpaired) electrons. The van der Waals surface area contributed by atoms with E-state index in [1.807, 2.05) is 13.0 Å². The summed E-state index contributed by atoms with van der Waals surface area (Å²) in [7, 11) is 0. The smallest absolute Gasteiger partial charge is 0.271 e. The lowest BCUT2D eigenvalue weighted by Gasteiger charge is -2.05. The molecule has 0 fully saturated rings. The average Bonchev–Trinajstić information content (AvgIpc) is 2.91. The maximum absolute atomic E-state index is 11.9. The van der Waals surface area contributed by atoms with E-state index in [1.165, 1.54) is 11.3 Å². The summed E-state index contributed by atoms with van der Waals surface area (Å²) in [6.45, 7) is 2.71. The van der Waals surface area contributed by atoms with Gasteiger partial charge in [-0.15, -0.1) is 11.3 Å². The number of hydrogen-bond donors (Lipinski definition) is 1. The molecule has 0 aliphatic carbocycles. The van der Waals surface area contributed by atoms with Crippen LogP contribution in [-0.2, 0) is 0 Å². The minimum absolute atomic E-state index is 0.268. The molecule has 0 saturated heterocycles. The van der Waals surface area contributed by atoms with Crippen molar-refractivity contribution in [2.24, 2.45) is 5.10 Å². The second kappa shape index (κ2) is 7.81. The fourth-order valence-electron chi connectivity index (χ4n) is 1.54. The molecule has 110 valence electrons. The first-order valence-electron chi connectivity index (χ1n) is 6.50. The monoisotopic (exact) mass is 322 g/mol. The first-order valence-corrected chi connectivity index (χ1v) is 7.70. The molecule has 0 aliphatic rings. The number of carbonyl (C=O) groups is 1. The summed E-state index contributed by atoms with van der Waals surface area (Å²) >= 11 is 7.20. The number of halogens is 1.